The highest BCUT2D eigenvalue weighted by Gasteiger charge is 2.14. The molecule has 0 radical (unpaired) electrons. The minimum Gasteiger partial charge on any atom is -0.453 e. The normalized spacial score (nSPS) is 11.1. The van der Waals surface area contributed by atoms with Crippen molar-refractivity contribution in [2.45, 2.75) is 6.92 Å². The van der Waals surface area contributed by atoms with Crippen molar-refractivity contribution in [3.8, 4) is 22.1 Å². The first kappa shape index (κ1) is 14.8. The van der Waals surface area contributed by atoms with E-state index in [1.54, 1.807) is 36.0 Å². The number of hydrogen-bond donors (Lipinski definition) is 0. The second-order valence-electron chi connectivity index (χ2n) is 5.56. The van der Waals surface area contributed by atoms with E-state index in [0.717, 1.165) is 26.4 Å². The van der Waals surface area contributed by atoms with Gasteiger partial charge in [0.1, 0.15) is 5.75 Å². The van der Waals surface area contributed by atoms with Gasteiger partial charge in [-0.25, -0.2) is 9.37 Å². The van der Waals surface area contributed by atoms with E-state index in [4.69, 9.17) is 4.74 Å². The van der Waals surface area contributed by atoms with Crippen molar-refractivity contribution >= 4 is 21.6 Å². The highest BCUT2D eigenvalue weighted by Crippen LogP contribution is 2.39. The lowest BCUT2D eigenvalue weighted by Crippen LogP contribution is -1.89. The molecule has 0 spiro atoms. The largest absolute Gasteiger partial charge is 0.453 e. The van der Waals surface area contributed by atoms with Gasteiger partial charge >= 0.3 is 0 Å². The first-order chi connectivity index (χ1) is 11.6. The summed E-state index contributed by atoms with van der Waals surface area (Å²) in [5.41, 5.74) is 2.68. The molecule has 6 heteroatoms. The number of pyridine rings is 1. The standard InChI is InChI=1S/C18H14FN3OS/c1-11-3-4-15(12(19)7-11)23-16-5-6-21-13-8-17(24-18(13)16)14-9-20-10-22(14)2/h3-10H,1-2H3. The SMILES string of the molecule is Cc1ccc(Oc2ccnc3cc(-c4cncn4C)sc23)c(F)c1. The van der Waals surface area contributed by atoms with Crippen LogP contribution in [0.25, 0.3) is 20.8 Å². The van der Waals surface area contributed by atoms with E-state index < -0.39 is 0 Å². The fraction of sp³-hybridized carbons (Fsp3) is 0.111. The van der Waals surface area contributed by atoms with Gasteiger partial charge in [0.05, 0.1) is 33.3 Å². The Hall–Kier alpha value is -2.73. The van der Waals surface area contributed by atoms with Crippen LogP contribution in [0.5, 0.6) is 11.5 Å². The maximum atomic E-state index is 14.1. The Morgan fingerprint density at radius 1 is 1.17 bits per heavy atom. The van der Waals surface area contributed by atoms with E-state index in [-0.39, 0.29) is 11.6 Å². The van der Waals surface area contributed by atoms with Crippen LogP contribution in [-0.2, 0) is 7.05 Å². The van der Waals surface area contributed by atoms with Gasteiger partial charge in [0.25, 0.3) is 0 Å². The summed E-state index contributed by atoms with van der Waals surface area (Å²) in [4.78, 5) is 9.57. The van der Waals surface area contributed by atoms with Crippen LogP contribution in [0, 0.1) is 12.7 Å². The molecule has 3 aromatic heterocycles. The molecule has 4 aromatic rings. The summed E-state index contributed by atoms with van der Waals surface area (Å²) in [7, 11) is 1.94. The third-order valence-corrected chi connectivity index (χ3v) is 4.91. The number of aromatic nitrogens is 3. The summed E-state index contributed by atoms with van der Waals surface area (Å²) in [6.45, 7) is 1.84. The maximum absolute atomic E-state index is 14.1. The smallest absolute Gasteiger partial charge is 0.165 e. The maximum Gasteiger partial charge on any atom is 0.165 e. The van der Waals surface area contributed by atoms with Crippen LogP contribution in [0.3, 0.4) is 0 Å². The average Bonchev–Trinajstić information content (AvgIpc) is 3.16. The Balaban J connectivity index is 1.79. The molecule has 0 fully saturated rings. The van der Waals surface area contributed by atoms with E-state index >= 15 is 0 Å². The van der Waals surface area contributed by atoms with Gasteiger partial charge in [-0.2, -0.15) is 0 Å². The Labute approximate surface area is 142 Å². The number of aryl methyl sites for hydroxylation is 2. The van der Waals surface area contributed by atoms with Crippen molar-refractivity contribution in [1.29, 1.82) is 0 Å². The Kier molecular flexibility index (Phi) is 3.54. The molecule has 0 unspecified atom stereocenters. The molecule has 0 atom stereocenters. The molecule has 0 saturated carbocycles. The quantitative estimate of drug-likeness (QED) is 0.531. The van der Waals surface area contributed by atoms with Crippen molar-refractivity contribution in [3.05, 3.63) is 60.4 Å². The summed E-state index contributed by atoms with van der Waals surface area (Å²) in [6, 6.07) is 8.68. The number of ether oxygens (including phenoxy) is 1. The molecule has 0 bridgehead atoms. The first-order valence-corrected chi connectivity index (χ1v) is 8.23. The van der Waals surface area contributed by atoms with Crippen LogP contribution in [-0.4, -0.2) is 14.5 Å². The molecule has 0 aliphatic carbocycles. The topological polar surface area (TPSA) is 39.9 Å². The number of halogens is 1. The van der Waals surface area contributed by atoms with Gasteiger partial charge in [-0.1, -0.05) is 6.07 Å². The molecule has 24 heavy (non-hydrogen) atoms. The highest BCUT2D eigenvalue weighted by molar-refractivity contribution is 7.22. The van der Waals surface area contributed by atoms with Crippen LogP contribution < -0.4 is 4.74 Å². The molecular weight excluding hydrogens is 325 g/mol. The van der Waals surface area contributed by atoms with Gasteiger partial charge in [-0.15, -0.1) is 11.3 Å². The van der Waals surface area contributed by atoms with Crippen molar-refractivity contribution in [2.75, 3.05) is 0 Å². The number of thiophene rings is 1. The summed E-state index contributed by atoms with van der Waals surface area (Å²) < 4.78 is 22.7. The van der Waals surface area contributed by atoms with Crippen LogP contribution in [0.1, 0.15) is 5.56 Å². The Morgan fingerprint density at radius 2 is 2.04 bits per heavy atom. The van der Waals surface area contributed by atoms with Crippen molar-refractivity contribution in [1.82, 2.24) is 14.5 Å². The summed E-state index contributed by atoms with van der Waals surface area (Å²) in [6.07, 6.45) is 5.24. The summed E-state index contributed by atoms with van der Waals surface area (Å²) >= 11 is 1.55. The van der Waals surface area contributed by atoms with Crippen molar-refractivity contribution < 1.29 is 9.13 Å². The van der Waals surface area contributed by atoms with Gasteiger partial charge < -0.3 is 9.30 Å². The van der Waals surface area contributed by atoms with E-state index in [2.05, 4.69) is 9.97 Å². The minimum atomic E-state index is -0.372. The Morgan fingerprint density at radius 3 is 2.79 bits per heavy atom. The molecule has 120 valence electrons. The number of imidazole rings is 1. The van der Waals surface area contributed by atoms with E-state index in [9.17, 15) is 4.39 Å². The van der Waals surface area contributed by atoms with E-state index in [1.165, 1.54) is 6.07 Å². The van der Waals surface area contributed by atoms with Crippen LogP contribution in [0.2, 0.25) is 0 Å². The van der Waals surface area contributed by atoms with Crippen LogP contribution >= 0.6 is 11.3 Å². The fourth-order valence-electron chi connectivity index (χ4n) is 2.52. The van der Waals surface area contributed by atoms with Gasteiger partial charge in [0, 0.05) is 19.3 Å². The van der Waals surface area contributed by atoms with E-state index in [1.807, 2.05) is 36.9 Å². The fourth-order valence-corrected chi connectivity index (χ4v) is 3.64. The second kappa shape index (κ2) is 5.72. The monoisotopic (exact) mass is 339 g/mol. The van der Waals surface area contributed by atoms with Gasteiger partial charge in [-0.05, 0) is 30.7 Å². The third-order valence-electron chi connectivity index (χ3n) is 3.75. The second-order valence-corrected chi connectivity index (χ2v) is 6.61. The average molecular weight is 339 g/mol. The lowest BCUT2D eigenvalue weighted by Gasteiger charge is -2.07. The van der Waals surface area contributed by atoms with Gasteiger partial charge in [0.2, 0.25) is 0 Å². The lowest BCUT2D eigenvalue weighted by molar-refractivity contribution is 0.446. The number of hydrogen-bond acceptors (Lipinski definition) is 4. The molecular formula is C18H14FN3OS. The summed E-state index contributed by atoms with van der Waals surface area (Å²) in [5, 5.41) is 0. The molecule has 0 N–H and O–H groups in total. The van der Waals surface area contributed by atoms with E-state index in [0.29, 0.717) is 5.75 Å². The van der Waals surface area contributed by atoms with Gasteiger partial charge in [-0.3, -0.25) is 4.98 Å². The predicted molar refractivity (Wildman–Crippen MR) is 93.0 cm³/mol. The zero-order valence-corrected chi connectivity index (χ0v) is 14.0. The number of rotatable bonds is 3. The molecule has 4 rings (SSSR count). The molecule has 1 aromatic carbocycles. The molecule has 0 aliphatic rings. The number of nitrogens with zero attached hydrogens (tertiary/aromatic N) is 3. The zero-order valence-electron chi connectivity index (χ0n) is 13.2. The number of fused-ring (bicyclic) bond motifs is 1. The van der Waals surface area contributed by atoms with Crippen LogP contribution in [0.15, 0.2) is 49.1 Å². The lowest BCUT2D eigenvalue weighted by atomic mass is 10.2. The Bertz CT molecular complexity index is 1040. The highest BCUT2D eigenvalue weighted by atomic mass is 32.1. The molecule has 0 saturated heterocycles. The van der Waals surface area contributed by atoms with Crippen LogP contribution in [0.4, 0.5) is 4.39 Å². The number of benzene rings is 1. The van der Waals surface area contributed by atoms with Gasteiger partial charge in [0.15, 0.2) is 11.6 Å². The predicted octanol–water partition coefficient (Wildman–Crippen LogP) is 4.94. The molecule has 0 amide bonds. The first-order valence-electron chi connectivity index (χ1n) is 7.41. The molecule has 0 aliphatic heterocycles. The molecule has 3 heterocycles. The van der Waals surface area contributed by atoms with Crippen molar-refractivity contribution in [2.24, 2.45) is 7.05 Å². The molecule has 4 nitrogen and oxygen atoms in total. The summed E-state index contributed by atoms with van der Waals surface area (Å²) in [5.74, 6) is 0.438. The minimum absolute atomic E-state index is 0.212. The third kappa shape index (κ3) is 2.55. The van der Waals surface area contributed by atoms with Crippen molar-refractivity contribution in [3.63, 3.8) is 0 Å². The zero-order chi connectivity index (χ0) is 16.7.